The van der Waals surface area contributed by atoms with E-state index in [-0.39, 0.29) is 11.8 Å². The van der Waals surface area contributed by atoms with E-state index in [4.69, 9.17) is 16.3 Å². The third kappa shape index (κ3) is 4.28. The van der Waals surface area contributed by atoms with Gasteiger partial charge in [0.05, 0.1) is 6.26 Å². The van der Waals surface area contributed by atoms with E-state index < -0.39 is 0 Å². The van der Waals surface area contributed by atoms with Gasteiger partial charge in [-0.05, 0) is 54.6 Å². The monoisotopic (exact) mass is 354 g/mol. The van der Waals surface area contributed by atoms with Crippen LogP contribution in [0.25, 0.3) is 6.08 Å². The number of benzene rings is 2. The van der Waals surface area contributed by atoms with Crippen LogP contribution in [0.1, 0.15) is 12.5 Å². The van der Waals surface area contributed by atoms with Gasteiger partial charge in [-0.2, -0.15) is 0 Å². The molecular formula is C19H15ClN2O3. The van der Waals surface area contributed by atoms with Gasteiger partial charge in [0.1, 0.15) is 5.75 Å². The second-order valence-electron chi connectivity index (χ2n) is 5.42. The Bertz CT molecular complexity index is 886. The summed E-state index contributed by atoms with van der Waals surface area (Å²) in [7, 11) is 0. The Morgan fingerprint density at radius 1 is 1.00 bits per heavy atom. The van der Waals surface area contributed by atoms with Gasteiger partial charge in [-0.15, -0.1) is 0 Å². The first-order valence-corrected chi connectivity index (χ1v) is 7.92. The molecule has 126 valence electrons. The van der Waals surface area contributed by atoms with Gasteiger partial charge in [0.2, 0.25) is 5.91 Å². The third-order valence-corrected chi connectivity index (χ3v) is 3.69. The van der Waals surface area contributed by atoms with Gasteiger partial charge in [-0.25, -0.2) is 0 Å². The number of anilines is 2. The predicted molar refractivity (Wildman–Crippen MR) is 98.6 cm³/mol. The lowest BCUT2D eigenvalue weighted by atomic mass is 10.1. The minimum atomic E-state index is -0.278. The minimum absolute atomic E-state index is 0.150. The van der Waals surface area contributed by atoms with E-state index in [1.165, 1.54) is 13.2 Å². The van der Waals surface area contributed by atoms with Crippen molar-refractivity contribution in [2.45, 2.75) is 6.92 Å². The summed E-state index contributed by atoms with van der Waals surface area (Å²) in [6, 6.07) is 12.1. The summed E-state index contributed by atoms with van der Waals surface area (Å²) in [5.74, 6) is 0.200. The van der Waals surface area contributed by atoms with Crippen LogP contribution in [0.5, 0.6) is 5.75 Å². The molecule has 5 nitrogen and oxygen atoms in total. The lowest BCUT2D eigenvalue weighted by Gasteiger charge is -2.07. The van der Waals surface area contributed by atoms with E-state index in [0.29, 0.717) is 27.7 Å². The highest BCUT2D eigenvalue weighted by molar-refractivity contribution is 6.30. The number of hydrogen-bond donors (Lipinski definition) is 2. The summed E-state index contributed by atoms with van der Waals surface area (Å²) in [6.07, 6.45) is 4.77. The van der Waals surface area contributed by atoms with E-state index in [0.717, 1.165) is 5.56 Å². The second-order valence-corrected chi connectivity index (χ2v) is 5.85. The van der Waals surface area contributed by atoms with E-state index in [1.807, 2.05) is 0 Å². The smallest absolute Gasteiger partial charge is 0.255 e. The first-order valence-electron chi connectivity index (χ1n) is 7.55. The van der Waals surface area contributed by atoms with Gasteiger partial charge in [-0.3, -0.25) is 9.59 Å². The zero-order chi connectivity index (χ0) is 17.8. The van der Waals surface area contributed by atoms with Crippen molar-refractivity contribution < 1.29 is 14.3 Å². The molecule has 1 aliphatic heterocycles. The van der Waals surface area contributed by atoms with Crippen molar-refractivity contribution in [3.63, 3.8) is 0 Å². The van der Waals surface area contributed by atoms with Gasteiger partial charge in [0.25, 0.3) is 5.91 Å². The summed E-state index contributed by atoms with van der Waals surface area (Å²) in [5, 5.41) is 6.04. The van der Waals surface area contributed by atoms with Crippen LogP contribution >= 0.6 is 11.6 Å². The molecule has 0 atom stereocenters. The average Bonchev–Trinajstić information content (AvgIpc) is 2.78. The molecule has 2 aromatic rings. The maximum absolute atomic E-state index is 12.5. The van der Waals surface area contributed by atoms with Crippen LogP contribution < -0.4 is 15.4 Å². The number of carbonyl (C=O) groups excluding carboxylic acids is 2. The van der Waals surface area contributed by atoms with E-state index in [9.17, 15) is 9.59 Å². The number of fused-ring (bicyclic) bond motifs is 1. The predicted octanol–water partition coefficient (Wildman–Crippen LogP) is 4.23. The highest BCUT2D eigenvalue weighted by Crippen LogP contribution is 2.28. The average molecular weight is 355 g/mol. The lowest BCUT2D eigenvalue weighted by molar-refractivity contribution is -0.114. The van der Waals surface area contributed by atoms with Crippen LogP contribution in [-0.4, -0.2) is 11.8 Å². The zero-order valence-electron chi connectivity index (χ0n) is 13.4. The van der Waals surface area contributed by atoms with Crippen molar-refractivity contribution in [3.8, 4) is 5.75 Å². The molecule has 0 bridgehead atoms. The normalized spacial score (nSPS) is 12.3. The summed E-state index contributed by atoms with van der Waals surface area (Å²) < 4.78 is 5.48. The van der Waals surface area contributed by atoms with Crippen molar-refractivity contribution in [1.82, 2.24) is 0 Å². The van der Waals surface area contributed by atoms with Crippen LogP contribution in [0, 0.1) is 0 Å². The molecule has 25 heavy (non-hydrogen) atoms. The molecule has 0 spiro atoms. The van der Waals surface area contributed by atoms with Crippen LogP contribution in [-0.2, 0) is 9.59 Å². The highest BCUT2D eigenvalue weighted by Gasteiger charge is 2.12. The Kier molecular flexibility index (Phi) is 4.86. The number of hydrogen-bond acceptors (Lipinski definition) is 3. The fraction of sp³-hybridized carbons (Fsp3) is 0.0526. The quantitative estimate of drug-likeness (QED) is 0.866. The SMILES string of the molecule is CC(=O)Nc1ccc(NC(=O)C2=Cc3cc(Cl)ccc3OC=C2)cc1. The van der Waals surface area contributed by atoms with E-state index in [1.54, 1.807) is 54.6 Å². The molecule has 2 N–H and O–H groups in total. The Labute approximate surface area is 149 Å². The molecule has 0 aliphatic carbocycles. The number of amides is 2. The molecule has 0 saturated heterocycles. The lowest BCUT2D eigenvalue weighted by Crippen LogP contribution is -2.13. The zero-order valence-corrected chi connectivity index (χ0v) is 14.1. The van der Waals surface area contributed by atoms with Crippen molar-refractivity contribution in [3.05, 3.63) is 71.0 Å². The van der Waals surface area contributed by atoms with Crippen molar-refractivity contribution in [1.29, 1.82) is 0 Å². The van der Waals surface area contributed by atoms with Gasteiger partial charge in [0.15, 0.2) is 0 Å². The summed E-state index contributed by atoms with van der Waals surface area (Å²) >= 11 is 6.00. The second kappa shape index (κ2) is 7.23. The Morgan fingerprint density at radius 2 is 1.68 bits per heavy atom. The van der Waals surface area contributed by atoms with Gasteiger partial charge in [0, 0.05) is 34.5 Å². The van der Waals surface area contributed by atoms with Crippen LogP contribution in [0.4, 0.5) is 11.4 Å². The minimum Gasteiger partial charge on any atom is -0.464 e. The molecule has 6 heteroatoms. The highest BCUT2D eigenvalue weighted by atomic mass is 35.5. The topological polar surface area (TPSA) is 67.4 Å². The van der Waals surface area contributed by atoms with Crippen molar-refractivity contribution in [2.24, 2.45) is 0 Å². The van der Waals surface area contributed by atoms with Crippen molar-refractivity contribution >= 4 is 40.9 Å². The maximum atomic E-state index is 12.5. The molecule has 0 unspecified atom stereocenters. The van der Waals surface area contributed by atoms with Gasteiger partial charge in [-0.1, -0.05) is 11.6 Å². The Morgan fingerprint density at radius 3 is 2.36 bits per heavy atom. The number of rotatable bonds is 3. The molecule has 2 amide bonds. The van der Waals surface area contributed by atoms with Crippen LogP contribution in [0.2, 0.25) is 5.02 Å². The first-order chi connectivity index (χ1) is 12.0. The largest absolute Gasteiger partial charge is 0.464 e. The van der Waals surface area contributed by atoms with Gasteiger partial charge < -0.3 is 15.4 Å². The molecule has 0 fully saturated rings. The molecule has 0 saturated carbocycles. The molecular weight excluding hydrogens is 340 g/mol. The van der Waals surface area contributed by atoms with E-state index >= 15 is 0 Å². The van der Waals surface area contributed by atoms with Crippen molar-refractivity contribution in [2.75, 3.05) is 10.6 Å². The Balaban J connectivity index is 1.77. The van der Waals surface area contributed by atoms with Crippen LogP contribution in [0.15, 0.2) is 60.4 Å². The number of halogens is 1. The summed E-state index contributed by atoms with van der Waals surface area (Å²) in [5.41, 5.74) is 2.44. The standard InChI is InChI=1S/C19H15ClN2O3/c1-12(23)21-16-3-5-17(6-4-16)22-19(24)13-8-9-25-18-7-2-15(20)11-14(18)10-13/h2-11H,1H3,(H,21,23)(H,22,24). The fourth-order valence-electron chi connectivity index (χ4n) is 2.32. The number of ether oxygens (including phenoxy) is 1. The first kappa shape index (κ1) is 16.8. The molecule has 0 aromatic heterocycles. The summed E-state index contributed by atoms with van der Waals surface area (Å²) in [4.78, 5) is 23.5. The summed E-state index contributed by atoms with van der Waals surface area (Å²) in [6.45, 7) is 1.44. The third-order valence-electron chi connectivity index (χ3n) is 3.45. The van der Waals surface area contributed by atoms with Gasteiger partial charge >= 0.3 is 0 Å². The molecule has 0 radical (unpaired) electrons. The Hall–Kier alpha value is -3.05. The maximum Gasteiger partial charge on any atom is 0.255 e. The van der Waals surface area contributed by atoms with Crippen LogP contribution in [0.3, 0.4) is 0 Å². The number of nitrogens with one attached hydrogen (secondary N) is 2. The fourth-order valence-corrected chi connectivity index (χ4v) is 2.50. The number of carbonyl (C=O) groups is 2. The molecule has 1 heterocycles. The molecule has 3 rings (SSSR count). The van der Waals surface area contributed by atoms with E-state index in [2.05, 4.69) is 10.6 Å². The molecule has 2 aromatic carbocycles. The molecule has 1 aliphatic rings.